The summed E-state index contributed by atoms with van der Waals surface area (Å²) in [6.07, 6.45) is 18.3. The topological polar surface area (TPSA) is 101 Å². The molecule has 1 aliphatic heterocycles. The van der Waals surface area contributed by atoms with Gasteiger partial charge in [-0.1, -0.05) is 84.0 Å². The molecule has 0 saturated carbocycles. The van der Waals surface area contributed by atoms with E-state index in [0.29, 0.717) is 5.56 Å². The smallest absolute Gasteiger partial charge is 0.294 e. The van der Waals surface area contributed by atoms with Crippen LogP contribution >= 0.6 is 0 Å². The van der Waals surface area contributed by atoms with Crippen LogP contribution in [-0.2, 0) is 4.84 Å². The highest BCUT2D eigenvalue weighted by atomic mass is 16.9. The minimum absolute atomic E-state index is 0.0290. The van der Waals surface area contributed by atoms with Crippen molar-refractivity contribution >= 4 is 11.7 Å². The molecule has 1 amide bonds. The van der Waals surface area contributed by atoms with Crippen LogP contribution in [0.3, 0.4) is 0 Å². The van der Waals surface area contributed by atoms with Crippen molar-refractivity contribution in [3.63, 3.8) is 0 Å². The molecule has 1 aromatic heterocycles. The van der Waals surface area contributed by atoms with Gasteiger partial charge in [-0.25, -0.2) is 4.98 Å². The van der Waals surface area contributed by atoms with Crippen molar-refractivity contribution in [2.75, 3.05) is 50.8 Å². The van der Waals surface area contributed by atoms with Gasteiger partial charge in [0.25, 0.3) is 11.0 Å². The molecular formula is C28H49N5O4. The van der Waals surface area contributed by atoms with Gasteiger partial charge in [0.15, 0.2) is 0 Å². The van der Waals surface area contributed by atoms with Gasteiger partial charge >= 0.3 is 0 Å². The Balaban J connectivity index is 1.36. The predicted molar refractivity (Wildman–Crippen MR) is 148 cm³/mol. The number of carbonyl (C=O) groups is 1. The molecule has 0 radical (unpaired) electrons. The molecule has 1 aromatic rings. The maximum Gasteiger partial charge on any atom is 0.294 e. The third kappa shape index (κ3) is 14.2. The molecule has 9 nitrogen and oxygen atoms in total. The highest BCUT2D eigenvalue weighted by Crippen LogP contribution is 2.15. The second kappa shape index (κ2) is 19.7. The van der Waals surface area contributed by atoms with E-state index in [2.05, 4.69) is 31.9 Å². The standard InChI is InChI=1S/C28H49N5O4/c1-2-31-20-22-32(23-21-31)27-18-17-26(25-30-27)28(34)29-19-15-13-11-9-7-5-3-4-6-8-10-12-14-16-24-37-33(35)36/h17-18,25H,2-16,19-24H2,1H3,(H,29,34). The Hall–Kier alpha value is -2.42. The van der Waals surface area contributed by atoms with Crippen LogP contribution < -0.4 is 10.2 Å². The summed E-state index contributed by atoms with van der Waals surface area (Å²) in [5, 5.41) is 12.4. The Morgan fingerprint density at radius 1 is 0.892 bits per heavy atom. The van der Waals surface area contributed by atoms with Gasteiger partial charge in [0, 0.05) is 38.9 Å². The summed E-state index contributed by atoms with van der Waals surface area (Å²) in [6.45, 7) is 8.35. The Morgan fingerprint density at radius 3 is 1.92 bits per heavy atom. The minimum Gasteiger partial charge on any atom is -0.354 e. The van der Waals surface area contributed by atoms with Crippen molar-refractivity contribution in [3.05, 3.63) is 34.0 Å². The third-order valence-electron chi connectivity index (χ3n) is 7.21. The summed E-state index contributed by atoms with van der Waals surface area (Å²) in [4.78, 5) is 36.0. The number of nitrogens with zero attached hydrogens (tertiary/aromatic N) is 4. The van der Waals surface area contributed by atoms with Crippen molar-refractivity contribution in [3.8, 4) is 0 Å². The van der Waals surface area contributed by atoms with E-state index in [-0.39, 0.29) is 12.5 Å². The average Bonchev–Trinajstić information content (AvgIpc) is 2.92. The minimum atomic E-state index is -0.714. The van der Waals surface area contributed by atoms with Gasteiger partial charge in [-0.2, -0.15) is 0 Å². The lowest BCUT2D eigenvalue weighted by Crippen LogP contribution is -2.46. The SMILES string of the molecule is CCN1CCN(c2ccc(C(=O)NCCCCCCCCCCCCCCCCO[N+](=O)[O-])cn2)CC1. The third-order valence-corrected chi connectivity index (χ3v) is 7.21. The second-order valence-corrected chi connectivity index (χ2v) is 10.1. The summed E-state index contributed by atoms with van der Waals surface area (Å²) in [5.74, 6) is 0.932. The van der Waals surface area contributed by atoms with Crippen molar-refractivity contribution in [1.29, 1.82) is 0 Å². The monoisotopic (exact) mass is 519 g/mol. The fourth-order valence-corrected chi connectivity index (χ4v) is 4.79. The number of nitrogens with one attached hydrogen (secondary N) is 1. The summed E-state index contributed by atoms with van der Waals surface area (Å²) in [6, 6.07) is 3.86. The van der Waals surface area contributed by atoms with Gasteiger partial charge < -0.3 is 20.0 Å². The first-order chi connectivity index (χ1) is 18.1. The summed E-state index contributed by atoms with van der Waals surface area (Å²) < 4.78 is 0. The van der Waals surface area contributed by atoms with Crippen LogP contribution in [0.1, 0.15) is 107 Å². The van der Waals surface area contributed by atoms with Gasteiger partial charge in [0.05, 0.1) is 12.2 Å². The van der Waals surface area contributed by atoms with Crippen LogP contribution in [0.5, 0.6) is 0 Å². The molecule has 1 saturated heterocycles. The van der Waals surface area contributed by atoms with Crippen molar-refractivity contribution in [1.82, 2.24) is 15.2 Å². The molecule has 37 heavy (non-hydrogen) atoms. The molecule has 2 rings (SSSR count). The first-order valence-corrected chi connectivity index (χ1v) is 14.6. The number of rotatable bonds is 21. The Bertz CT molecular complexity index is 739. The molecule has 1 fully saturated rings. The van der Waals surface area contributed by atoms with E-state index in [4.69, 9.17) is 0 Å². The number of carbonyl (C=O) groups excluding carboxylic acids is 1. The lowest BCUT2D eigenvalue weighted by molar-refractivity contribution is -0.757. The van der Waals surface area contributed by atoms with Crippen LogP contribution in [0.2, 0.25) is 0 Å². The van der Waals surface area contributed by atoms with Crippen molar-refractivity contribution in [2.45, 2.75) is 96.8 Å². The van der Waals surface area contributed by atoms with Crippen LogP contribution in [0.25, 0.3) is 0 Å². The van der Waals surface area contributed by atoms with Crippen LogP contribution in [0, 0.1) is 10.1 Å². The Morgan fingerprint density at radius 2 is 1.43 bits per heavy atom. The molecule has 210 valence electrons. The second-order valence-electron chi connectivity index (χ2n) is 10.1. The molecule has 0 bridgehead atoms. The molecule has 0 aliphatic carbocycles. The number of amides is 1. The van der Waals surface area contributed by atoms with E-state index in [1.807, 2.05) is 12.1 Å². The number of likely N-dealkylation sites (N-methyl/N-ethyl adjacent to an activating group) is 1. The van der Waals surface area contributed by atoms with Gasteiger partial charge in [0.1, 0.15) is 5.82 Å². The lowest BCUT2D eigenvalue weighted by atomic mass is 10.0. The maximum atomic E-state index is 12.4. The Labute approximate surface area is 223 Å². The van der Waals surface area contributed by atoms with E-state index < -0.39 is 5.09 Å². The number of pyridine rings is 1. The first kappa shape index (κ1) is 30.8. The number of piperazine rings is 1. The summed E-state index contributed by atoms with van der Waals surface area (Å²) in [5.41, 5.74) is 0.637. The average molecular weight is 520 g/mol. The van der Waals surface area contributed by atoms with Crippen LogP contribution in [0.4, 0.5) is 5.82 Å². The normalized spacial score (nSPS) is 14.0. The molecule has 0 spiro atoms. The molecule has 9 heteroatoms. The van der Waals surface area contributed by atoms with Crippen LogP contribution in [0.15, 0.2) is 18.3 Å². The molecular weight excluding hydrogens is 470 g/mol. The van der Waals surface area contributed by atoms with E-state index in [0.717, 1.165) is 77.2 Å². The Kier molecular flexibility index (Phi) is 16.4. The number of hydrogen-bond donors (Lipinski definition) is 1. The van der Waals surface area contributed by atoms with Gasteiger partial charge in [-0.05, 0) is 31.5 Å². The van der Waals surface area contributed by atoms with Gasteiger partial charge in [-0.3, -0.25) is 4.79 Å². The van der Waals surface area contributed by atoms with E-state index in [1.54, 1.807) is 6.20 Å². The molecule has 1 N–H and O–H groups in total. The zero-order valence-electron chi connectivity index (χ0n) is 23.0. The van der Waals surface area contributed by atoms with E-state index >= 15 is 0 Å². The predicted octanol–water partition coefficient (Wildman–Crippen LogP) is 5.62. The zero-order chi connectivity index (χ0) is 26.6. The van der Waals surface area contributed by atoms with Gasteiger partial charge in [0.2, 0.25) is 0 Å². The maximum absolute atomic E-state index is 12.4. The summed E-state index contributed by atoms with van der Waals surface area (Å²) >= 11 is 0. The fourth-order valence-electron chi connectivity index (χ4n) is 4.79. The van der Waals surface area contributed by atoms with Crippen molar-refractivity contribution < 1.29 is 14.7 Å². The quantitative estimate of drug-likeness (QED) is 0.128. The molecule has 0 aromatic carbocycles. The number of unbranched alkanes of at least 4 members (excludes halogenated alkanes) is 13. The molecule has 0 unspecified atom stereocenters. The largest absolute Gasteiger partial charge is 0.354 e. The molecule has 0 atom stereocenters. The number of aromatic nitrogens is 1. The molecule has 2 heterocycles. The zero-order valence-corrected chi connectivity index (χ0v) is 23.0. The highest BCUT2D eigenvalue weighted by Gasteiger charge is 2.17. The first-order valence-electron chi connectivity index (χ1n) is 14.6. The summed E-state index contributed by atoms with van der Waals surface area (Å²) in [7, 11) is 0. The van der Waals surface area contributed by atoms with Gasteiger partial charge in [-0.15, -0.1) is 10.1 Å². The number of anilines is 1. The number of hydrogen-bond acceptors (Lipinski definition) is 7. The van der Waals surface area contributed by atoms with Crippen molar-refractivity contribution in [2.24, 2.45) is 0 Å². The van der Waals surface area contributed by atoms with E-state index in [1.165, 1.54) is 57.8 Å². The van der Waals surface area contributed by atoms with E-state index in [9.17, 15) is 14.9 Å². The fraction of sp³-hybridized carbons (Fsp3) is 0.786. The van der Waals surface area contributed by atoms with Crippen LogP contribution in [-0.4, -0.2) is 66.8 Å². The lowest BCUT2D eigenvalue weighted by Gasteiger charge is -2.34. The highest BCUT2D eigenvalue weighted by molar-refractivity contribution is 5.94. The molecule has 1 aliphatic rings.